The summed E-state index contributed by atoms with van der Waals surface area (Å²) in [6.07, 6.45) is 12.6. The molecule has 4 fully saturated rings. The van der Waals surface area contributed by atoms with Crippen molar-refractivity contribution in [3.8, 4) is 11.8 Å². The molecule has 43 heavy (non-hydrogen) atoms. The van der Waals surface area contributed by atoms with Crippen LogP contribution in [0.1, 0.15) is 67.0 Å². The zero-order chi connectivity index (χ0) is 30.0. The smallest absolute Gasteiger partial charge is 0.380 e. The number of nitrogens with zero attached hydrogens (tertiary/aromatic N) is 5. The first-order chi connectivity index (χ1) is 20.7. The molecule has 2 aliphatic heterocycles. The Bertz CT molecular complexity index is 1500. The fourth-order valence-electron chi connectivity index (χ4n) is 5.98. The van der Waals surface area contributed by atoms with E-state index in [2.05, 4.69) is 37.6 Å². The third-order valence-electron chi connectivity index (χ3n) is 8.40. The van der Waals surface area contributed by atoms with Crippen LogP contribution in [0.5, 0.6) is 0 Å². The third kappa shape index (κ3) is 6.97. The summed E-state index contributed by atoms with van der Waals surface area (Å²) in [6.45, 7) is 4.71. The van der Waals surface area contributed by atoms with Crippen LogP contribution in [-0.4, -0.2) is 81.6 Å². The minimum Gasteiger partial charge on any atom is -0.380 e. The number of anilines is 1. The predicted molar refractivity (Wildman–Crippen MR) is 158 cm³/mol. The number of pyridine rings is 1. The molecule has 2 saturated heterocycles. The number of alkyl halides is 3. The molecule has 1 spiro atoms. The molecule has 3 aromatic rings. The van der Waals surface area contributed by atoms with Crippen LogP contribution >= 0.6 is 11.8 Å². The van der Waals surface area contributed by atoms with Crippen molar-refractivity contribution in [1.82, 2.24) is 29.6 Å². The van der Waals surface area contributed by atoms with Crippen LogP contribution in [0.15, 0.2) is 35.5 Å². The molecule has 2 saturated carbocycles. The number of aromatic nitrogens is 4. The lowest BCUT2D eigenvalue weighted by atomic mass is 9.76. The van der Waals surface area contributed by atoms with E-state index in [4.69, 9.17) is 4.74 Å². The second-order valence-electron chi connectivity index (χ2n) is 11.8. The summed E-state index contributed by atoms with van der Waals surface area (Å²) in [5.74, 6) is 5.53. The number of hydrogen-bond acceptors (Lipinski definition) is 7. The number of thioether (sulfide) groups is 1. The van der Waals surface area contributed by atoms with E-state index in [1.54, 1.807) is 36.1 Å². The van der Waals surface area contributed by atoms with Gasteiger partial charge < -0.3 is 15.4 Å². The van der Waals surface area contributed by atoms with Gasteiger partial charge in [-0.25, -0.2) is 4.52 Å². The summed E-state index contributed by atoms with van der Waals surface area (Å²) in [5, 5.41) is 13.9. The Kier molecular flexibility index (Phi) is 8.62. The summed E-state index contributed by atoms with van der Waals surface area (Å²) in [5.41, 5.74) is -3.15. The maximum absolute atomic E-state index is 13.1. The van der Waals surface area contributed by atoms with E-state index >= 15 is 0 Å². The average molecular weight is 616 g/mol. The molecule has 0 atom stereocenters. The third-order valence-corrected chi connectivity index (χ3v) is 9.24. The highest BCUT2D eigenvalue weighted by molar-refractivity contribution is 8.00. The molecule has 2 N–H and O–H groups in total. The van der Waals surface area contributed by atoms with E-state index in [0.29, 0.717) is 28.4 Å². The van der Waals surface area contributed by atoms with Crippen LogP contribution in [0.4, 0.5) is 19.0 Å². The van der Waals surface area contributed by atoms with Crippen LogP contribution in [-0.2, 0) is 4.74 Å². The Hall–Kier alpha value is -3.21. The zero-order valence-electron chi connectivity index (χ0n) is 24.1. The van der Waals surface area contributed by atoms with Crippen molar-refractivity contribution in [2.45, 2.75) is 67.4 Å². The van der Waals surface area contributed by atoms with Crippen molar-refractivity contribution in [3.63, 3.8) is 0 Å². The summed E-state index contributed by atoms with van der Waals surface area (Å²) < 4.78 is 47.6. The Morgan fingerprint density at radius 2 is 1.91 bits per heavy atom. The predicted octanol–water partition coefficient (Wildman–Crippen LogP) is 4.95. The van der Waals surface area contributed by atoms with Gasteiger partial charge in [-0.1, -0.05) is 31.2 Å². The lowest BCUT2D eigenvalue weighted by Gasteiger charge is -2.58. The van der Waals surface area contributed by atoms with Crippen molar-refractivity contribution in [2.75, 3.05) is 45.2 Å². The van der Waals surface area contributed by atoms with Crippen LogP contribution < -0.4 is 10.6 Å². The standard InChI is InChI=1S/C19H17F3N6OS.C11H19NO/c1-23-16-6-2-5-15-17(30-19(20,21)22)14(26-28(15)16)4-3-9-24-18(29)12-10-25-27(11-12)13-7-8-13;1-2-4-10(5-3-1)12-6-11(7-12)8-13-9-11/h2,5-6,10-11,13,23H,7-9H2,1H3,(H,24,29);10H,1-9H2. The van der Waals surface area contributed by atoms with Crippen molar-refractivity contribution in [2.24, 2.45) is 5.41 Å². The number of ether oxygens (including phenoxy) is 1. The van der Waals surface area contributed by atoms with Gasteiger partial charge in [-0.05, 0) is 55.5 Å². The van der Waals surface area contributed by atoms with Crippen LogP contribution in [0.25, 0.3) is 5.52 Å². The monoisotopic (exact) mass is 615 g/mol. The Balaban J connectivity index is 0.000000208. The topological polar surface area (TPSA) is 88.7 Å². The Morgan fingerprint density at radius 1 is 1.14 bits per heavy atom. The lowest BCUT2D eigenvalue weighted by Crippen LogP contribution is -2.68. The van der Waals surface area contributed by atoms with Gasteiger partial charge in [-0.3, -0.25) is 14.4 Å². The van der Waals surface area contributed by atoms with Gasteiger partial charge in [0.05, 0.1) is 48.0 Å². The Labute approximate surface area is 252 Å². The first-order valence-electron chi connectivity index (χ1n) is 14.8. The molecule has 7 rings (SSSR count). The molecule has 3 aromatic heterocycles. The lowest BCUT2D eigenvalue weighted by molar-refractivity contribution is -0.200. The van der Waals surface area contributed by atoms with Gasteiger partial charge in [0, 0.05) is 37.8 Å². The Morgan fingerprint density at radius 3 is 2.56 bits per heavy atom. The number of likely N-dealkylation sites (tertiary alicyclic amines) is 1. The van der Waals surface area contributed by atoms with Crippen molar-refractivity contribution in [3.05, 3.63) is 41.9 Å². The first kappa shape index (κ1) is 29.8. The molecule has 230 valence electrons. The summed E-state index contributed by atoms with van der Waals surface area (Å²) in [6, 6.07) is 6.18. The van der Waals surface area contributed by atoms with Crippen molar-refractivity contribution in [1.29, 1.82) is 0 Å². The molecule has 13 heteroatoms. The molecule has 1 amide bonds. The number of rotatable bonds is 6. The first-order valence-corrected chi connectivity index (χ1v) is 15.6. The van der Waals surface area contributed by atoms with Crippen LogP contribution in [0.2, 0.25) is 0 Å². The van der Waals surface area contributed by atoms with Crippen LogP contribution in [0, 0.1) is 17.3 Å². The maximum atomic E-state index is 13.1. The highest BCUT2D eigenvalue weighted by atomic mass is 32.2. The molecular weight excluding hydrogens is 579 g/mol. The molecule has 0 radical (unpaired) electrons. The van der Waals surface area contributed by atoms with Gasteiger partial charge in [0.2, 0.25) is 0 Å². The number of fused-ring (bicyclic) bond motifs is 1. The second-order valence-corrected chi connectivity index (χ2v) is 12.9. The number of carbonyl (C=O) groups is 1. The molecule has 0 aromatic carbocycles. The quantitative estimate of drug-likeness (QED) is 0.300. The van der Waals surface area contributed by atoms with Crippen LogP contribution in [0.3, 0.4) is 0 Å². The van der Waals surface area contributed by atoms with E-state index in [1.165, 1.54) is 55.9 Å². The molecule has 4 aliphatic rings. The highest BCUT2D eigenvalue weighted by Gasteiger charge is 2.50. The average Bonchev–Trinajstić information content (AvgIpc) is 3.57. The molecule has 0 unspecified atom stereocenters. The fourth-order valence-corrected chi connectivity index (χ4v) is 6.66. The van der Waals surface area contributed by atoms with Gasteiger partial charge in [-0.15, -0.1) is 0 Å². The van der Waals surface area contributed by atoms with E-state index in [0.717, 1.165) is 32.1 Å². The number of halogens is 3. The number of amides is 1. The highest BCUT2D eigenvalue weighted by Crippen LogP contribution is 2.42. The largest absolute Gasteiger partial charge is 0.446 e. The molecule has 9 nitrogen and oxygen atoms in total. The maximum Gasteiger partial charge on any atom is 0.446 e. The van der Waals surface area contributed by atoms with E-state index in [9.17, 15) is 18.0 Å². The summed E-state index contributed by atoms with van der Waals surface area (Å²) in [7, 11) is 1.65. The fraction of sp³-hybridized carbons (Fsp3) is 0.567. The molecule has 5 heterocycles. The molecule has 2 aliphatic carbocycles. The SMILES string of the molecule is C1CCC(N2CC3(COC3)C2)CC1.CNc1cccc2c(SC(F)(F)F)c(C#CCNC(=O)c3cnn(C4CC4)c3)nn12. The van der Waals surface area contributed by atoms with Gasteiger partial charge >= 0.3 is 5.51 Å². The van der Waals surface area contributed by atoms with E-state index in [-0.39, 0.29) is 34.8 Å². The van der Waals surface area contributed by atoms with Gasteiger partial charge in [0.25, 0.3) is 5.91 Å². The minimum absolute atomic E-state index is 0.00386. The van der Waals surface area contributed by atoms with E-state index in [1.807, 2.05) is 0 Å². The molecule has 0 bridgehead atoms. The zero-order valence-corrected chi connectivity index (χ0v) is 24.9. The summed E-state index contributed by atoms with van der Waals surface area (Å²) >= 11 is -0.257. The van der Waals surface area contributed by atoms with Crippen molar-refractivity contribution >= 4 is 29.0 Å². The number of nitrogens with one attached hydrogen (secondary N) is 2. The van der Waals surface area contributed by atoms with E-state index < -0.39 is 5.51 Å². The minimum atomic E-state index is -4.48. The van der Waals surface area contributed by atoms with Crippen molar-refractivity contribution < 1.29 is 22.7 Å². The summed E-state index contributed by atoms with van der Waals surface area (Å²) in [4.78, 5) is 14.8. The normalized spacial score (nSPS) is 19.9. The number of hydrogen-bond donors (Lipinski definition) is 2. The van der Waals surface area contributed by atoms with Gasteiger partial charge in [0.15, 0.2) is 0 Å². The second kappa shape index (κ2) is 12.4. The van der Waals surface area contributed by atoms with Gasteiger partial charge in [0.1, 0.15) is 11.5 Å². The number of carbonyl (C=O) groups excluding carboxylic acids is 1. The van der Waals surface area contributed by atoms with Gasteiger partial charge in [-0.2, -0.15) is 23.4 Å². The molecular formula is C30H36F3N7O2S.